The summed E-state index contributed by atoms with van der Waals surface area (Å²) in [6.07, 6.45) is 2.17. The Morgan fingerprint density at radius 1 is 0.429 bits per heavy atom. The number of nitrogens with zero attached hydrogens (tertiary/aromatic N) is 2. The summed E-state index contributed by atoms with van der Waals surface area (Å²) in [6.45, 7) is 1.50. The van der Waals surface area contributed by atoms with Crippen molar-refractivity contribution in [3.05, 3.63) is 248 Å². The summed E-state index contributed by atoms with van der Waals surface area (Å²) in [5.41, 5.74) is 7.51. The molecular weight excluding hydrogens is 915 g/mol. The fourth-order valence-corrected chi connectivity index (χ4v) is 15.7. The van der Waals surface area contributed by atoms with Crippen LogP contribution < -0.4 is 20.5 Å². The van der Waals surface area contributed by atoms with Gasteiger partial charge >= 0.3 is 360 Å². The number of thioether (sulfide) groups is 1. The Labute approximate surface area is 393 Å². The SMILES string of the molecule is I.c1ccc(-c2c(-c3ccccc3)[n+](Cc3ccc4ccccc4c3)c(SCCC[PH](c3ccccc3)(c3ccccc3)c3ccccc3)n2Cc2ccc3ccccc3c2)cc1. The molecule has 0 saturated carbocycles. The maximum absolute atomic E-state index is 2.63. The van der Waals surface area contributed by atoms with Crippen molar-refractivity contribution < 1.29 is 4.57 Å². The van der Waals surface area contributed by atoms with E-state index in [0.717, 1.165) is 31.4 Å². The Morgan fingerprint density at radius 3 is 1.38 bits per heavy atom. The molecule has 0 fully saturated rings. The van der Waals surface area contributed by atoms with Crippen LogP contribution in [0.3, 0.4) is 0 Å². The van der Waals surface area contributed by atoms with Crippen LogP contribution in [0.25, 0.3) is 44.1 Å². The monoisotopic (exact) mass is 965 g/mol. The Balaban J connectivity index is 0.00000504. The van der Waals surface area contributed by atoms with Gasteiger partial charge in [-0.05, 0) is 0 Å². The van der Waals surface area contributed by atoms with Gasteiger partial charge in [0.1, 0.15) is 0 Å². The third kappa shape index (κ3) is 8.91. The van der Waals surface area contributed by atoms with Crippen LogP contribution >= 0.6 is 43.0 Å². The molecule has 63 heavy (non-hydrogen) atoms. The van der Waals surface area contributed by atoms with Gasteiger partial charge in [0.05, 0.1) is 0 Å². The summed E-state index contributed by atoms with van der Waals surface area (Å²) in [7, 11) is -2.40. The second kappa shape index (κ2) is 19.7. The van der Waals surface area contributed by atoms with Crippen molar-refractivity contribution in [2.75, 3.05) is 11.9 Å². The van der Waals surface area contributed by atoms with E-state index >= 15 is 0 Å². The summed E-state index contributed by atoms with van der Waals surface area (Å²) >= 11 is 2.02. The topological polar surface area (TPSA) is 8.81 Å². The number of rotatable bonds is 14. The van der Waals surface area contributed by atoms with Crippen molar-refractivity contribution in [1.82, 2.24) is 4.57 Å². The van der Waals surface area contributed by atoms with Crippen LogP contribution in [-0.2, 0) is 13.1 Å². The van der Waals surface area contributed by atoms with Gasteiger partial charge in [-0.3, -0.25) is 0 Å². The van der Waals surface area contributed by atoms with Gasteiger partial charge in [0.25, 0.3) is 0 Å². The summed E-state index contributed by atoms with van der Waals surface area (Å²) in [6, 6.07) is 87.6. The van der Waals surface area contributed by atoms with E-state index in [1.165, 1.54) is 76.3 Å². The quantitative estimate of drug-likeness (QED) is 0.0347. The normalized spacial score (nSPS) is 11.7. The van der Waals surface area contributed by atoms with E-state index in [9.17, 15) is 0 Å². The van der Waals surface area contributed by atoms with Crippen LogP contribution in [0.4, 0.5) is 0 Å². The predicted molar refractivity (Wildman–Crippen MR) is 284 cm³/mol. The first-order valence-electron chi connectivity index (χ1n) is 21.8. The van der Waals surface area contributed by atoms with Crippen LogP contribution in [0.1, 0.15) is 17.5 Å². The number of hydrogen-bond acceptors (Lipinski definition) is 1. The van der Waals surface area contributed by atoms with Gasteiger partial charge < -0.3 is 0 Å². The zero-order valence-electron chi connectivity index (χ0n) is 35.3. The molecular formula is C58H51IN2PS+. The van der Waals surface area contributed by atoms with Crippen molar-refractivity contribution in [1.29, 1.82) is 0 Å². The average molecular weight is 966 g/mol. The fourth-order valence-electron chi connectivity index (χ4n) is 9.46. The first-order valence-corrected chi connectivity index (χ1v) is 25.0. The third-order valence-corrected chi connectivity index (χ3v) is 18.6. The van der Waals surface area contributed by atoms with E-state index in [0.29, 0.717) is 0 Å². The van der Waals surface area contributed by atoms with E-state index in [1.54, 1.807) is 0 Å². The molecule has 2 nitrogen and oxygen atoms in total. The van der Waals surface area contributed by atoms with Crippen LogP contribution in [0.2, 0.25) is 0 Å². The standard InChI is InChI=1S/C58H50N2PS.HI/c1-6-23-49(24-7-1)56-57(50-25-8-2-9-26-50)60(44-46-36-38-48-22-17-19-28-52(48)42-46)58(59(56)43-45-35-37-47-21-16-18-27-51(47)41-45)62-40-20-39-61(53-29-10-3-11-30-53,54-31-12-4-13-32-54)55-33-14-5-15-34-55;/h1-19,21-38,41-42,61H,20,39-40,43-44H2;1H/q+1;. The second-order valence-electron chi connectivity index (χ2n) is 16.2. The molecule has 10 rings (SSSR count). The molecule has 1 heterocycles. The Kier molecular flexibility index (Phi) is 13.3. The van der Waals surface area contributed by atoms with Gasteiger partial charge in [-0.1, -0.05) is 12.1 Å². The molecule has 10 aromatic rings. The van der Waals surface area contributed by atoms with Crippen molar-refractivity contribution >= 4 is 80.5 Å². The molecule has 0 atom stereocenters. The van der Waals surface area contributed by atoms with E-state index < -0.39 is 7.26 Å². The number of benzene rings is 9. The molecule has 0 spiro atoms. The summed E-state index contributed by atoms with van der Waals surface area (Å²) in [5, 5.41) is 10.7. The van der Waals surface area contributed by atoms with Crippen LogP contribution in [0.15, 0.2) is 242 Å². The third-order valence-electron chi connectivity index (χ3n) is 12.4. The molecule has 0 aliphatic carbocycles. The molecule has 1 aromatic heterocycles. The number of hydrogen-bond donors (Lipinski definition) is 0. The van der Waals surface area contributed by atoms with E-state index in [1.807, 2.05) is 11.8 Å². The molecule has 0 amide bonds. The van der Waals surface area contributed by atoms with E-state index in [4.69, 9.17) is 0 Å². The van der Waals surface area contributed by atoms with E-state index in [-0.39, 0.29) is 24.0 Å². The van der Waals surface area contributed by atoms with Crippen LogP contribution in [0, 0.1) is 0 Å². The zero-order chi connectivity index (χ0) is 41.6. The molecule has 0 unspecified atom stereocenters. The molecule has 0 radical (unpaired) electrons. The number of imidazole rings is 1. The first kappa shape index (κ1) is 42.5. The summed E-state index contributed by atoms with van der Waals surface area (Å²) < 4.78 is 5.26. The first-order chi connectivity index (χ1) is 30.7. The van der Waals surface area contributed by atoms with Gasteiger partial charge in [0.15, 0.2) is 0 Å². The fraction of sp³-hybridized carbons (Fsp3) is 0.0862. The van der Waals surface area contributed by atoms with Crippen molar-refractivity contribution in [3.63, 3.8) is 0 Å². The zero-order valence-corrected chi connectivity index (χ0v) is 39.4. The molecule has 5 heteroatoms. The Bertz CT molecular complexity index is 2830. The number of halogens is 1. The molecule has 0 N–H and O–H groups in total. The van der Waals surface area contributed by atoms with Gasteiger partial charge in [0, 0.05) is 0 Å². The number of aromatic nitrogens is 2. The predicted octanol–water partition coefficient (Wildman–Crippen LogP) is 13.3. The van der Waals surface area contributed by atoms with Gasteiger partial charge in [0.2, 0.25) is 0 Å². The summed E-state index contributed by atoms with van der Waals surface area (Å²) in [4.78, 5) is 0. The minimum atomic E-state index is -2.40. The number of fused-ring (bicyclic) bond motifs is 2. The molecule has 0 aliphatic rings. The van der Waals surface area contributed by atoms with Gasteiger partial charge in [-0.15, -0.1) is 24.0 Å². The minimum absolute atomic E-state index is 0. The molecule has 9 aromatic carbocycles. The van der Waals surface area contributed by atoms with Crippen molar-refractivity contribution in [3.8, 4) is 22.5 Å². The maximum atomic E-state index is 2.63. The Morgan fingerprint density at radius 2 is 0.857 bits per heavy atom. The molecule has 0 aliphatic heterocycles. The van der Waals surface area contributed by atoms with Crippen molar-refractivity contribution in [2.45, 2.75) is 24.7 Å². The van der Waals surface area contributed by atoms with E-state index in [2.05, 4.69) is 246 Å². The average Bonchev–Trinajstić information content (AvgIpc) is 3.64. The molecule has 0 saturated heterocycles. The molecule has 310 valence electrons. The molecule has 0 bridgehead atoms. The summed E-state index contributed by atoms with van der Waals surface area (Å²) in [5.74, 6) is 0.975. The second-order valence-corrected chi connectivity index (χ2v) is 21.3. The van der Waals surface area contributed by atoms with Crippen LogP contribution in [-0.4, -0.2) is 16.5 Å². The van der Waals surface area contributed by atoms with Crippen molar-refractivity contribution in [2.24, 2.45) is 0 Å². The van der Waals surface area contributed by atoms with Crippen LogP contribution in [0.5, 0.6) is 0 Å². The Hall–Kier alpha value is -5.78. The van der Waals surface area contributed by atoms with Gasteiger partial charge in [-0.25, -0.2) is 0 Å². The van der Waals surface area contributed by atoms with Gasteiger partial charge in [-0.2, -0.15) is 0 Å².